The molecule has 3 unspecified atom stereocenters. The van der Waals surface area contributed by atoms with Crippen molar-refractivity contribution >= 4 is 11.9 Å². The number of esters is 1. The first kappa shape index (κ1) is 51.0. The lowest BCUT2D eigenvalue weighted by Gasteiger charge is -2.24. The van der Waals surface area contributed by atoms with Crippen LogP contribution >= 0.6 is 0 Å². The monoisotopic (exact) mass is 777 g/mol. The predicted octanol–water partition coefficient (Wildman–Crippen LogP) is 11.4. The SMILES string of the molecule is CCCCCCCCCCCCCCCCN(CCCCCCCCCCCCCCCC)C(=O)COC(C)COC(C)COC(=O)C(N)Cc1cnc[nH]1. The number of rotatable bonds is 41. The molecule has 0 saturated heterocycles. The summed E-state index contributed by atoms with van der Waals surface area (Å²) in [5, 5.41) is 0. The molecule has 0 aliphatic rings. The number of hydrogen-bond acceptors (Lipinski definition) is 7. The number of H-pyrrole nitrogens is 1. The van der Waals surface area contributed by atoms with Crippen LogP contribution in [0, 0.1) is 0 Å². The minimum atomic E-state index is -0.766. The highest BCUT2D eigenvalue weighted by molar-refractivity contribution is 5.77. The molecule has 0 radical (unpaired) electrons. The molecule has 0 fully saturated rings. The molecule has 1 heterocycles. The van der Waals surface area contributed by atoms with Crippen LogP contribution < -0.4 is 5.73 Å². The molecule has 9 heteroatoms. The van der Waals surface area contributed by atoms with E-state index in [0.29, 0.717) is 13.0 Å². The van der Waals surface area contributed by atoms with E-state index in [0.717, 1.165) is 31.6 Å². The van der Waals surface area contributed by atoms with Crippen molar-refractivity contribution in [3.05, 3.63) is 18.2 Å². The van der Waals surface area contributed by atoms with E-state index < -0.39 is 12.0 Å². The second kappa shape index (κ2) is 37.6. The van der Waals surface area contributed by atoms with E-state index in [4.69, 9.17) is 19.9 Å². The van der Waals surface area contributed by atoms with Gasteiger partial charge in [0.1, 0.15) is 19.3 Å². The van der Waals surface area contributed by atoms with E-state index in [1.165, 1.54) is 167 Å². The van der Waals surface area contributed by atoms with Gasteiger partial charge in [0.05, 0.1) is 25.1 Å². The smallest absolute Gasteiger partial charge is 0.323 e. The van der Waals surface area contributed by atoms with Gasteiger partial charge in [-0.05, 0) is 26.7 Å². The maximum Gasteiger partial charge on any atom is 0.323 e. The second-order valence-electron chi connectivity index (χ2n) is 16.4. The average molecular weight is 777 g/mol. The Kier molecular flexibility index (Phi) is 34.9. The Labute approximate surface area is 338 Å². The van der Waals surface area contributed by atoms with Crippen LogP contribution in [-0.2, 0) is 30.2 Å². The quantitative estimate of drug-likeness (QED) is 0.0502. The molecule has 0 aromatic carbocycles. The van der Waals surface area contributed by atoms with Gasteiger partial charge in [-0.1, -0.05) is 181 Å². The number of hydrogen-bond donors (Lipinski definition) is 2. The minimum absolute atomic E-state index is 0.0631. The summed E-state index contributed by atoms with van der Waals surface area (Å²) in [6.45, 7) is 10.4. The number of imidazole rings is 1. The number of amides is 1. The summed E-state index contributed by atoms with van der Waals surface area (Å²) in [6, 6.07) is -0.766. The van der Waals surface area contributed by atoms with Crippen LogP contribution in [0.15, 0.2) is 12.5 Å². The van der Waals surface area contributed by atoms with Gasteiger partial charge in [-0.3, -0.25) is 9.59 Å². The van der Waals surface area contributed by atoms with Crippen molar-refractivity contribution in [1.82, 2.24) is 14.9 Å². The van der Waals surface area contributed by atoms with E-state index >= 15 is 0 Å². The van der Waals surface area contributed by atoms with Crippen LogP contribution in [0.1, 0.15) is 213 Å². The van der Waals surface area contributed by atoms with Gasteiger partial charge in [0, 0.05) is 31.4 Å². The van der Waals surface area contributed by atoms with E-state index in [9.17, 15) is 9.59 Å². The first-order chi connectivity index (χ1) is 26.9. The fraction of sp³-hybridized carbons (Fsp3) is 0.891. The first-order valence-corrected chi connectivity index (χ1v) is 23.3. The van der Waals surface area contributed by atoms with Crippen molar-refractivity contribution < 1.29 is 23.8 Å². The number of aromatic nitrogens is 2. The number of nitrogens with zero attached hydrogens (tertiary/aromatic N) is 2. The number of ether oxygens (including phenoxy) is 3. The van der Waals surface area contributed by atoms with E-state index in [1.807, 2.05) is 18.7 Å². The predicted molar refractivity (Wildman–Crippen MR) is 229 cm³/mol. The van der Waals surface area contributed by atoms with Gasteiger partial charge in [0.2, 0.25) is 5.91 Å². The van der Waals surface area contributed by atoms with Gasteiger partial charge >= 0.3 is 5.97 Å². The molecule has 1 amide bonds. The summed E-state index contributed by atoms with van der Waals surface area (Å²) in [4.78, 5) is 34.6. The molecule has 322 valence electrons. The molecule has 55 heavy (non-hydrogen) atoms. The Hall–Kier alpha value is -1.97. The molecule has 1 aromatic heterocycles. The Bertz CT molecular complexity index is 946. The molecule has 3 N–H and O–H groups in total. The molecular weight excluding hydrogens is 689 g/mol. The summed E-state index contributed by atoms with van der Waals surface area (Å²) >= 11 is 0. The van der Waals surface area contributed by atoms with Crippen LogP contribution in [0.25, 0.3) is 0 Å². The number of aromatic amines is 1. The number of unbranched alkanes of at least 4 members (excludes halogenated alkanes) is 26. The lowest BCUT2D eigenvalue weighted by Crippen LogP contribution is -2.37. The molecule has 0 bridgehead atoms. The van der Waals surface area contributed by atoms with E-state index in [-0.39, 0.29) is 31.3 Å². The summed E-state index contributed by atoms with van der Waals surface area (Å²) < 4.78 is 17.2. The highest BCUT2D eigenvalue weighted by atomic mass is 16.6. The maximum atomic E-state index is 13.4. The maximum absolute atomic E-state index is 13.4. The fourth-order valence-corrected chi connectivity index (χ4v) is 7.08. The van der Waals surface area contributed by atoms with Crippen LogP contribution in [0.4, 0.5) is 0 Å². The third-order valence-corrected chi connectivity index (χ3v) is 10.8. The van der Waals surface area contributed by atoms with Crippen LogP contribution in [0.5, 0.6) is 0 Å². The lowest BCUT2D eigenvalue weighted by molar-refractivity contribution is -0.151. The molecule has 3 atom stereocenters. The van der Waals surface area contributed by atoms with Crippen LogP contribution in [-0.4, -0.2) is 77.9 Å². The van der Waals surface area contributed by atoms with Crippen LogP contribution in [0.3, 0.4) is 0 Å². The van der Waals surface area contributed by atoms with Gasteiger partial charge in [0.25, 0.3) is 0 Å². The molecule has 0 aliphatic heterocycles. The summed E-state index contributed by atoms with van der Waals surface area (Å²) in [5.74, 6) is -0.401. The zero-order valence-electron chi connectivity index (χ0n) is 36.4. The summed E-state index contributed by atoms with van der Waals surface area (Å²) in [5.41, 5.74) is 6.75. The molecule has 0 aliphatic carbocycles. The Morgan fingerprint density at radius 3 is 1.42 bits per heavy atom. The van der Waals surface area contributed by atoms with Gasteiger partial charge in [-0.15, -0.1) is 0 Å². The van der Waals surface area contributed by atoms with Crippen molar-refractivity contribution in [1.29, 1.82) is 0 Å². The van der Waals surface area contributed by atoms with Crippen molar-refractivity contribution in [2.45, 2.75) is 232 Å². The molecular formula is C46H88N4O5. The topological polar surface area (TPSA) is 120 Å². The van der Waals surface area contributed by atoms with Gasteiger partial charge < -0.3 is 29.8 Å². The van der Waals surface area contributed by atoms with Gasteiger partial charge in [-0.25, -0.2) is 4.98 Å². The van der Waals surface area contributed by atoms with Crippen LogP contribution in [0.2, 0.25) is 0 Å². The zero-order valence-corrected chi connectivity index (χ0v) is 36.4. The van der Waals surface area contributed by atoms with Crippen molar-refractivity contribution in [3.8, 4) is 0 Å². The highest BCUT2D eigenvalue weighted by Crippen LogP contribution is 2.15. The number of nitrogens with two attached hydrogens (primary N) is 1. The third kappa shape index (κ3) is 31.8. The van der Waals surface area contributed by atoms with Crippen molar-refractivity contribution in [2.24, 2.45) is 5.73 Å². The van der Waals surface area contributed by atoms with Gasteiger partial charge in [0.15, 0.2) is 0 Å². The molecule has 9 nitrogen and oxygen atoms in total. The average Bonchev–Trinajstić information content (AvgIpc) is 3.70. The Morgan fingerprint density at radius 1 is 0.618 bits per heavy atom. The Balaban J connectivity index is 2.31. The normalized spacial score (nSPS) is 13.2. The third-order valence-electron chi connectivity index (χ3n) is 10.8. The molecule has 0 spiro atoms. The number of carbonyl (C=O) groups is 2. The highest BCUT2D eigenvalue weighted by Gasteiger charge is 2.19. The van der Waals surface area contributed by atoms with Gasteiger partial charge in [-0.2, -0.15) is 0 Å². The van der Waals surface area contributed by atoms with Crippen molar-refractivity contribution in [2.75, 3.05) is 32.9 Å². The second-order valence-corrected chi connectivity index (χ2v) is 16.4. The summed E-state index contributed by atoms with van der Waals surface area (Å²) in [7, 11) is 0. The molecule has 1 aromatic rings. The minimum Gasteiger partial charge on any atom is -0.462 e. The standard InChI is InChI=1S/C46H88N4O5/c1-5-7-9-11-13-15-17-19-21-23-25-27-29-31-33-50(34-32-30-28-26-24-22-20-18-16-14-12-10-8-6-2)45(51)39-54-41(3)37-53-42(4)38-55-46(52)44(47)35-43-36-48-40-49-43/h36,40-42,44H,5-35,37-39,47H2,1-4H3,(H,48,49). The lowest BCUT2D eigenvalue weighted by atomic mass is 10.0. The van der Waals surface area contributed by atoms with Crippen molar-refractivity contribution in [3.63, 3.8) is 0 Å². The number of carbonyl (C=O) groups excluding carboxylic acids is 2. The van der Waals surface area contributed by atoms with E-state index in [2.05, 4.69) is 23.8 Å². The fourth-order valence-electron chi connectivity index (χ4n) is 7.08. The summed E-state index contributed by atoms with van der Waals surface area (Å²) in [6.07, 6.45) is 40.2. The first-order valence-electron chi connectivity index (χ1n) is 23.3. The largest absolute Gasteiger partial charge is 0.462 e. The van der Waals surface area contributed by atoms with E-state index in [1.54, 1.807) is 12.5 Å². The molecule has 0 saturated carbocycles. The molecule has 1 rings (SSSR count). The number of nitrogens with one attached hydrogen (secondary N) is 1. The Morgan fingerprint density at radius 2 is 1.02 bits per heavy atom. The zero-order chi connectivity index (χ0) is 40.0.